The smallest absolute Gasteiger partial charge is 0.307 e. The van der Waals surface area contributed by atoms with Gasteiger partial charge in [-0.1, -0.05) is 52.0 Å². The van der Waals surface area contributed by atoms with Gasteiger partial charge in [0, 0.05) is 48.9 Å². The number of hydrogen-bond donors (Lipinski definition) is 3. The lowest BCUT2D eigenvalue weighted by molar-refractivity contribution is -0.136. The molecule has 0 amide bonds. The van der Waals surface area contributed by atoms with Crippen LogP contribution < -0.4 is 15.0 Å². The molecule has 1 saturated heterocycles. The molecule has 0 aliphatic carbocycles. The van der Waals surface area contributed by atoms with E-state index in [0.717, 1.165) is 71.0 Å². The lowest BCUT2D eigenvalue weighted by Crippen LogP contribution is -2.38. The van der Waals surface area contributed by atoms with Gasteiger partial charge >= 0.3 is 5.97 Å². The standard InChI is InChI=1S/C33H42FN3O3.C4H10O/c1-22(2)35-21-29-31(25-8-12-27(13-9-25)40-19-14-24-6-10-26(34)11-7-24)32(28(20-30(38)39)23(3)36-29)37-17-15-33(4,5)16-18-37;1-4(2,3)5/h6-13,22,35H,14-21H2,1-5H3,(H,38,39);5H,1-3H3. The number of nitrogens with zero attached hydrogens (tertiary/aromatic N) is 2. The number of aromatic nitrogens is 1. The molecule has 4 rings (SSSR count). The van der Waals surface area contributed by atoms with Crippen LogP contribution in [0, 0.1) is 18.2 Å². The van der Waals surface area contributed by atoms with Gasteiger partial charge in [0.05, 0.1) is 30.0 Å². The number of aryl methyl sites for hydroxylation is 1. The van der Waals surface area contributed by atoms with Crippen LogP contribution in [0.2, 0.25) is 0 Å². The third-order valence-electron chi connectivity index (χ3n) is 7.71. The molecule has 0 unspecified atom stereocenters. The van der Waals surface area contributed by atoms with Gasteiger partial charge in [0.15, 0.2) is 0 Å². The summed E-state index contributed by atoms with van der Waals surface area (Å²) < 4.78 is 19.2. The van der Waals surface area contributed by atoms with Gasteiger partial charge in [-0.2, -0.15) is 0 Å². The van der Waals surface area contributed by atoms with Crippen molar-refractivity contribution in [2.75, 3.05) is 24.6 Å². The van der Waals surface area contributed by atoms with Crippen molar-refractivity contribution < 1.29 is 24.1 Å². The largest absolute Gasteiger partial charge is 0.493 e. The summed E-state index contributed by atoms with van der Waals surface area (Å²) in [6, 6.07) is 14.8. The summed E-state index contributed by atoms with van der Waals surface area (Å²) >= 11 is 0. The van der Waals surface area contributed by atoms with Crippen LogP contribution in [0.1, 0.15) is 83.8 Å². The first-order valence-corrected chi connectivity index (χ1v) is 15.9. The molecule has 1 fully saturated rings. The van der Waals surface area contributed by atoms with Crippen molar-refractivity contribution in [2.45, 2.75) is 99.3 Å². The van der Waals surface area contributed by atoms with Crippen LogP contribution in [0.25, 0.3) is 11.1 Å². The predicted molar refractivity (Wildman–Crippen MR) is 181 cm³/mol. The molecule has 8 heteroatoms. The number of aliphatic carboxylic acids is 1. The minimum Gasteiger partial charge on any atom is -0.493 e. The fraction of sp³-hybridized carbons (Fsp3) is 0.514. The summed E-state index contributed by atoms with van der Waals surface area (Å²) in [7, 11) is 0. The van der Waals surface area contributed by atoms with E-state index in [0.29, 0.717) is 19.6 Å². The molecule has 0 radical (unpaired) electrons. The summed E-state index contributed by atoms with van der Waals surface area (Å²) in [5, 5.41) is 21.9. The summed E-state index contributed by atoms with van der Waals surface area (Å²) in [6.45, 7) is 18.8. The Balaban J connectivity index is 0.00000102. The Morgan fingerprint density at radius 1 is 1.07 bits per heavy atom. The van der Waals surface area contributed by atoms with Crippen LogP contribution in [0.4, 0.5) is 10.1 Å². The number of anilines is 1. The van der Waals surface area contributed by atoms with Crippen molar-refractivity contribution in [3.8, 4) is 16.9 Å². The van der Waals surface area contributed by atoms with Crippen LogP contribution in [0.3, 0.4) is 0 Å². The van der Waals surface area contributed by atoms with E-state index < -0.39 is 11.6 Å². The van der Waals surface area contributed by atoms with Crippen molar-refractivity contribution in [2.24, 2.45) is 5.41 Å². The second kappa shape index (κ2) is 15.7. The molecular formula is C37H52FN3O4. The summed E-state index contributed by atoms with van der Waals surface area (Å²) in [6.07, 6.45) is 2.70. The number of ether oxygens (including phenoxy) is 1. The molecular weight excluding hydrogens is 569 g/mol. The van der Waals surface area contributed by atoms with Crippen molar-refractivity contribution >= 4 is 11.7 Å². The zero-order chi connectivity index (χ0) is 33.4. The number of aliphatic hydroxyl groups is 1. The predicted octanol–water partition coefficient (Wildman–Crippen LogP) is 7.35. The highest BCUT2D eigenvalue weighted by atomic mass is 19.1. The van der Waals surface area contributed by atoms with E-state index in [1.807, 2.05) is 31.2 Å². The molecule has 246 valence electrons. The summed E-state index contributed by atoms with van der Waals surface area (Å²) in [5.74, 6) is -0.347. The minimum atomic E-state index is -0.854. The van der Waals surface area contributed by atoms with E-state index in [1.165, 1.54) is 12.1 Å². The Bertz CT molecular complexity index is 1380. The van der Waals surface area contributed by atoms with Gasteiger partial charge < -0.3 is 25.2 Å². The second-order valence-electron chi connectivity index (χ2n) is 14.0. The van der Waals surface area contributed by atoms with Crippen LogP contribution in [-0.4, -0.2) is 52.5 Å². The van der Waals surface area contributed by atoms with E-state index >= 15 is 0 Å². The molecule has 45 heavy (non-hydrogen) atoms. The first-order chi connectivity index (χ1) is 21.0. The number of rotatable bonds is 11. The molecule has 0 saturated carbocycles. The molecule has 0 bridgehead atoms. The van der Waals surface area contributed by atoms with Crippen LogP contribution in [0.15, 0.2) is 48.5 Å². The van der Waals surface area contributed by atoms with Gasteiger partial charge in [-0.25, -0.2) is 4.39 Å². The quantitative estimate of drug-likeness (QED) is 0.206. The van der Waals surface area contributed by atoms with Crippen molar-refractivity contribution in [1.82, 2.24) is 10.3 Å². The van der Waals surface area contributed by atoms with E-state index in [1.54, 1.807) is 32.9 Å². The topological polar surface area (TPSA) is 94.9 Å². The highest BCUT2D eigenvalue weighted by Crippen LogP contribution is 2.42. The van der Waals surface area contributed by atoms with Crippen LogP contribution in [0.5, 0.6) is 5.75 Å². The Labute approximate surface area is 268 Å². The molecule has 3 aromatic rings. The van der Waals surface area contributed by atoms with Gasteiger partial charge in [0.2, 0.25) is 0 Å². The third kappa shape index (κ3) is 11.7. The monoisotopic (exact) mass is 621 g/mol. The number of piperidine rings is 1. The Kier molecular flexibility index (Phi) is 12.5. The highest BCUT2D eigenvalue weighted by Gasteiger charge is 2.30. The molecule has 3 N–H and O–H groups in total. The van der Waals surface area contributed by atoms with Gasteiger partial charge in [-0.15, -0.1) is 0 Å². The first-order valence-electron chi connectivity index (χ1n) is 15.9. The summed E-state index contributed by atoms with van der Waals surface area (Å²) in [4.78, 5) is 19.3. The van der Waals surface area contributed by atoms with E-state index in [-0.39, 0.29) is 23.7 Å². The molecule has 0 spiro atoms. The van der Waals surface area contributed by atoms with Crippen molar-refractivity contribution in [3.05, 3.63) is 76.9 Å². The molecule has 1 aliphatic heterocycles. The molecule has 1 aliphatic rings. The van der Waals surface area contributed by atoms with Crippen molar-refractivity contribution in [1.29, 1.82) is 0 Å². The Hall–Kier alpha value is -3.49. The number of benzene rings is 2. The molecule has 7 nitrogen and oxygen atoms in total. The number of nitrogens with one attached hydrogen (secondary N) is 1. The second-order valence-corrected chi connectivity index (χ2v) is 14.0. The SMILES string of the molecule is CC(C)(C)O.Cc1nc(CNC(C)C)c(-c2ccc(OCCc3ccc(F)cc3)cc2)c(N2CCC(C)(C)CC2)c1CC(=O)O. The normalized spacial score (nSPS) is 14.6. The van der Waals surface area contributed by atoms with E-state index in [9.17, 15) is 14.3 Å². The van der Waals surface area contributed by atoms with E-state index in [4.69, 9.17) is 14.8 Å². The average Bonchev–Trinajstić information content (AvgIpc) is 2.93. The number of hydrogen-bond acceptors (Lipinski definition) is 6. The number of carboxylic acid groups (broad SMARTS) is 1. The zero-order valence-electron chi connectivity index (χ0n) is 28.3. The average molecular weight is 622 g/mol. The molecule has 2 heterocycles. The minimum absolute atomic E-state index is 0.0659. The Morgan fingerprint density at radius 2 is 1.64 bits per heavy atom. The lowest BCUT2D eigenvalue weighted by Gasteiger charge is -2.40. The highest BCUT2D eigenvalue weighted by molar-refractivity contribution is 5.86. The van der Waals surface area contributed by atoms with Crippen LogP contribution >= 0.6 is 0 Å². The molecule has 0 atom stereocenters. The number of carboxylic acids is 1. The Morgan fingerprint density at radius 3 is 2.18 bits per heavy atom. The fourth-order valence-corrected chi connectivity index (χ4v) is 5.22. The van der Waals surface area contributed by atoms with E-state index in [2.05, 4.69) is 37.9 Å². The van der Waals surface area contributed by atoms with Crippen LogP contribution in [-0.2, 0) is 24.2 Å². The molecule has 2 aromatic carbocycles. The molecule has 1 aromatic heterocycles. The summed E-state index contributed by atoms with van der Waals surface area (Å²) in [5.41, 5.74) is 6.24. The third-order valence-corrected chi connectivity index (χ3v) is 7.71. The maximum Gasteiger partial charge on any atom is 0.307 e. The maximum absolute atomic E-state index is 13.2. The lowest BCUT2D eigenvalue weighted by atomic mass is 9.82. The number of pyridine rings is 1. The maximum atomic E-state index is 13.2. The van der Waals surface area contributed by atoms with Gasteiger partial charge in [0.25, 0.3) is 0 Å². The number of halogens is 1. The van der Waals surface area contributed by atoms with Gasteiger partial charge in [0.1, 0.15) is 11.6 Å². The van der Waals surface area contributed by atoms with Crippen molar-refractivity contribution in [3.63, 3.8) is 0 Å². The van der Waals surface area contributed by atoms with Gasteiger partial charge in [-0.3, -0.25) is 9.78 Å². The van der Waals surface area contributed by atoms with Gasteiger partial charge in [-0.05, 0) is 81.3 Å². The number of carbonyl (C=O) groups is 1. The fourth-order valence-electron chi connectivity index (χ4n) is 5.22. The zero-order valence-corrected chi connectivity index (χ0v) is 28.3. The first kappa shape index (κ1) is 36.0.